The summed E-state index contributed by atoms with van der Waals surface area (Å²) in [6, 6.07) is 3.23. The van der Waals surface area contributed by atoms with Crippen LogP contribution < -0.4 is 0 Å². The maximum Gasteiger partial charge on any atom is 0.303 e. The first-order valence-corrected chi connectivity index (χ1v) is 4.77. The molecule has 0 saturated heterocycles. The topological polar surface area (TPSA) is 57.5 Å². The Balaban J connectivity index is 2.95. The van der Waals surface area contributed by atoms with Gasteiger partial charge in [0.2, 0.25) is 0 Å². The van der Waals surface area contributed by atoms with Crippen molar-refractivity contribution in [3.63, 3.8) is 0 Å². The van der Waals surface area contributed by atoms with E-state index in [9.17, 15) is 18.7 Å². The minimum atomic E-state index is -1.46. The van der Waals surface area contributed by atoms with E-state index in [2.05, 4.69) is 0 Å². The number of aliphatic carboxylic acids is 1. The van der Waals surface area contributed by atoms with Crippen LogP contribution in [0, 0.1) is 17.6 Å². The zero-order valence-electron chi connectivity index (χ0n) is 8.65. The van der Waals surface area contributed by atoms with E-state index in [-0.39, 0.29) is 6.42 Å². The highest BCUT2D eigenvalue weighted by Crippen LogP contribution is 2.28. The second-order valence-corrected chi connectivity index (χ2v) is 3.66. The standard InChI is InChI=1S/C11H12F2O3/c1-6(5-9(14)15)11(16)10-7(12)3-2-4-8(10)13/h2-4,6,11,16H,5H2,1H3,(H,14,15). The molecular formula is C11H12F2O3. The average molecular weight is 230 g/mol. The third-order valence-electron chi connectivity index (χ3n) is 2.33. The SMILES string of the molecule is CC(CC(=O)O)C(O)c1c(F)cccc1F. The van der Waals surface area contributed by atoms with E-state index in [4.69, 9.17) is 5.11 Å². The van der Waals surface area contributed by atoms with E-state index in [1.54, 1.807) is 0 Å². The van der Waals surface area contributed by atoms with Gasteiger partial charge >= 0.3 is 5.97 Å². The van der Waals surface area contributed by atoms with Crippen LogP contribution in [-0.2, 0) is 4.79 Å². The van der Waals surface area contributed by atoms with Gasteiger partial charge in [0.05, 0.1) is 18.1 Å². The molecule has 88 valence electrons. The summed E-state index contributed by atoms with van der Waals surface area (Å²) in [6.45, 7) is 1.42. The molecule has 0 heterocycles. The van der Waals surface area contributed by atoms with Crippen LogP contribution in [0.25, 0.3) is 0 Å². The van der Waals surface area contributed by atoms with Crippen molar-refractivity contribution in [2.75, 3.05) is 0 Å². The summed E-state index contributed by atoms with van der Waals surface area (Å²) in [7, 11) is 0. The molecule has 0 radical (unpaired) electrons. The minimum Gasteiger partial charge on any atom is -0.481 e. The van der Waals surface area contributed by atoms with Gasteiger partial charge in [0.1, 0.15) is 11.6 Å². The summed E-state index contributed by atoms with van der Waals surface area (Å²) in [5.41, 5.74) is -0.476. The van der Waals surface area contributed by atoms with Gasteiger partial charge in [-0.3, -0.25) is 4.79 Å². The van der Waals surface area contributed by atoms with Crippen molar-refractivity contribution >= 4 is 5.97 Å². The van der Waals surface area contributed by atoms with Crippen molar-refractivity contribution in [3.8, 4) is 0 Å². The van der Waals surface area contributed by atoms with E-state index in [0.29, 0.717) is 0 Å². The Morgan fingerprint density at radius 2 is 1.88 bits per heavy atom. The number of carboxylic acids is 1. The Labute approximate surface area is 91.3 Å². The molecule has 2 N–H and O–H groups in total. The van der Waals surface area contributed by atoms with E-state index in [1.165, 1.54) is 13.0 Å². The summed E-state index contributed by atoms with van der Waals surface area (Å²) in [4.78, 5) is 10.4. The second kappa shape index (κ2) is 5.03. The second-order valence-electron chi connectivity index (χ2n) is 3.66. The molecule has 3 nitrogen and oxygen atoms in total. The molecule has 0 fully saturated rings. The number of carbonyl (C=O) groups is 1. The molecule has 1 aromatic rings. The third kappa shape index (κ3) is 2.76. The lowest BCUT2D eigenvalue weighted by Gasteiger charge is -2.18. The highest BCUT2D eigenvalue weighted by molar-refractivity contribution is 5.67. The lowest BCUT2D eigenvalue weighted by molar-refractivity contribution is -0.139. The van der Waals surface area contributed by atoms with E-state index >= 15 is 0 Å². The summed E-state index contributed by atoms with van der Waals surface area (Å²) in [5.74, 6) is -3.62. The van der Waals surface area contributed by atoms with Gasteiger partial charge in [-0.15, -0.1) is 0 Å². The molecular weight excluding hydrogens is 218 g/mol. The predicted molar refractivity (Wildman–Crippen MR) is 52.7 cm³/mol. The average Bonchev–Trinajstić information content (AvgIpc) is 2.16. The molecule has 0 aliphatic heterocycles. The van der Waals surface area contributed by atoms with Gasteiger partial charge < -0.3 is 10.2 Å². The molecule has 16 heavy (non-hydrogen) atoms. The number of hydrogen-bond donors (Lipinski definition) is 2. The summed E-state index contributed by atoms with van der Waals surface area (Å²) in [6.07, 6.45) is -1.81. The molecule has 2 unspecified atom stereocenters. The molecule has 0 aliphatic carbocycles. The Morgan fingerprint density at radius 3 is 2.31 bits per heavy atom. The molecule has 0 spiro atoms. The van der Waals surface area contributed by atoms with Crippen molar-refractivity contribution in [1.82, 2.24) is 0 Å². The Morgan fingerprint density at radius 1 is 1.38 bits per heavy atom. The number of carboxylic acid groups (broad SMARTS) is 1. The first kappa shape index (κ1) is 12.6. The smallest absolute Gasteiger partial charge is 0.303 e. The van der Waals surface area contributed by atoms with Crippen LogP contribution in [0.3, 0.4) is 0 Å². The fraction of sp³-hybridized carbons (Fsp3) is 0.364. The summed E-state index contributed by atoms with van der Waals surface area (Å²) >= 11 is 0. The largest absolute Gasteiger partial charge is 0.481 e. The predicted octanol–water partition coefficient (Wildman–Crippen LogP) is 2.11. The van der Waals surface area contributed by atoms with Gasteiger partial charge in [0, 0.05) is 0 Å². The first-order chi connectivity index (χ1) is 7.43. The number of benzene rings is 1. The fourth-order valence-corrected chi connectivity index (χ4v) is 1.46. The van der Waals surface area contributed by atoms with Crippen LogP contribution in [0.2, 0.25) is 0 Å². The number of aliphatic hydroxyl groups is 1. The zero-order valence-corrected chi connectivity index (χ0v) is 8.65. The van der Waals surface area contributed by atoms with Gasteiger partial charge in [0.25, 0.3) is 0 Å². The van der Waals surface area contributed by atoms with Crippen molar-refractivity contribution in [2.45, 2.75) is 19.4 Å². The van der Waals surface area contributed by atoms with Crippen molar-refractivity contribution < 1.29 is 23.8 Å². The van der Waals surface area contributed by atoms with Gasteiger partial charge in [-0.1, -0.05) is 13.0 Å². The molecule has 1 aromatic carbocycles. The van der Waals surface area contributed by atoms with Crippen molar-refractivity contribution in [1.29, 1.82) is 0 Å². The van der Waals surface area contributed by atoms with Crippen LogP contribution in [0.4, 0.5) is 8.78 Å². The highest BCUT2D eigenvalue weighted by atomic mass is 19.1. The summed E-state index contributed by atoms with van der Waals surface area (Å²) < 4.78 is 26.5. The normalized spacial score (nSPS) is 14.5. The van der Waals surface area contributed by atoms with Gasteiger partial charge in [0.15, 0.2) is 0 Å². The molecule has 0 aliphatic rings. The van der Waals surface area contributed by atoms with Crippen LogP contribution in [0.1, 0.15) is 25.0 Å². The molecule has 5 heteroatoms. The van der Waals surface area contributed by atoms with Crippen LogP contribution in [-0.4, -0.2) is 16.2 Å². The van der Waals surface area contributed by atoms with Crippen molar-refractivity contribution in [3.05, 3.63) is 35.4 Å². The quantitative estimate of drug-likeness (QED) is 0.832. The van der Waals surface area contributed by atoms with Gasteiger partial charge in [-0.05, 0) is 18.1 Å². The Bertz CT molecular complexity index is 373. The third-order valence-corrected chi connectivity index (χ3v) is 2.33. The first-order valence-electron chi connectivity index (χ1n) is 4.77. The summed E-state index contributed by atoms with van der Waals surface area (Å²) in [5, 5.41) is 18.2. The lowest BCUT2D eigenvalue weighted by atomic mass is 9.94. The number of halogens is 2. The maximum absolute atomic E-state index is 13.3. The lowest BCUT2D eigenvalue weighted by Crippen LogP contribution is -2.16. The van der Waals surface area contributed by atoms with Crippen LogP contribution in [0.15, 0.2) is 18.2 Å². The Hall–Kier alpha value is -1.49. The number of hydrogen-bond acceptors (Lipinski definition) is 2. The minimum absolute atomic E-state index is 0.352. The fourth-order valence-electron chi connectivity index (χ4n) is 1.46. The molecule has 2 atom stereocenters. The maximum atomic E-state index is 13.3. The molecule has 0 bridgehead atoms. The Kier molecular flexibility index (Phi) is 3.95. The van der Waals surface area contributed by atoms with Crippen LogP contribution in [0.5, 0.6) is 0 Å². The molecule has 0 amide bonds. The number of rotatable bonds is 4. The van der Waals surface area contributed by atoms with Gasteiger partial charge in [-0.2, -0.15) is 0 Å². The van der Waals surface area contributed by atoms with E-state index in [0.717, 1.165) is 12.1 Å². The van der Waals surface area contributed by atoms with E-state index in [1.807, 2.05) is 0 Å². The van der Waals surface area contributed by atoms with Gasteiger partial charge in [-0.25, -0.2) is 8.78 Å². The molecule has 0 aromatic heterocycles. The number of aliphatic hydroxyl groups excluding tert-OH is 1. The van der Waals surface area contributed by atoms with Crippen LogP contribution >= 0.6 is 0 Å². The zero-order chi connectivity index (χ0) is 12.3. The van der Waals surface area contributed by atoms with Crippen molar-refractivity contribution in [2.24, 2.45) is 5.92 Å². The highest BCUT2D eigenvalue weighted by Gasteiger charge is 2.24. The monoisotopic (exact) mass is 230 g/mol. The van der Waals surface area contributed by atoms with E-state index < -0.39 is 35.2 Å². The molecule has 0 saturated carbocycles. The molecule has 1 rings (SSSR count).